The van der Waals surface area contributed by atoms with Crippen LogP contribution in [0.25, 0.3) is 0 Å². The first-order valence-electron chi connectivity index (χ1n) is 11.5. The molecule has 1 heterocycles. The maximum atomic E-state index is 12.7. The maximum Gasteiger partial charge on any atom is 0.254 e. The van der Waals surface area contributed by atoms with Crippen LogP contribution < -0.4 is 16.0 Å². The zero-order chi connectivity index (χ0) is 24.5. The summed E-state index contributed by atoms with van der Waals surface area (Å²) in [4.78, 5) is 39.2. The van der Waals surface area contributed by atoms with Crippen molar-refractivity contribution < 1.29 is 19.1 Å². The van der Waals surface area contributed by atoms with Crippen LogP contribution in [0.3, 0.4) is 0 Å². The van der Waals surface area contributed by atoms with Crippen molar-refractivity contribution in [2.24, 2.45) is 0 Å². The molecule has 1 saturated heterocycles. The van der Waals surface area contributed by atoms with Gasteiger partial charge in [-0.05, 0) is 48.0 Å². The van der Waals surface area contributed by atoms with Gasteiger partial charge < -0.3 is 25.6 Å². The van der Waals surface area contributed by atoms with Gasteiger partial charge in [0.15, 0.2) is 0 Å². The number of ether oxygens (including phenoxy) is 1. The Balaban J connectivity index is 1.25. The van der Waals surface area contributed by atoms with E-state index in [2.05, 4.69) is 16.0 Å². The topological polar surface area (TPSA) is 99.8 Å². The molecule has 3 aromatic rings. The van der Waals surface area contributed by atoms with E-state index in [1.165, 1.54) is 0 Å². The fourth-order valence-electron chi connectivity index (χ4n) is 3.68. The van der Waals surface area contributed by atoms with E-state index >= 15 is 0 Å². The number of rotatable bonds is 8. The number of amides is 3. The van der Waals surface area contributed by atoms with Gasteiger partial charge in [0.05, 0.1) is 19.8 Å². The molecule has 0 bridgehead atoms. The summed E-state index contributed by atoms with van der Waals surface area (Å²) in [6, 6.07) is 23.5. The number of benzene rings is 3. The van der Waals surface area contributed by atoms with Gasteiger partial charge in [-0.25, -0.2) is 0 Å². The van der Waals surface area contributed by atoms with Crippen molar-refractivity contribution in [1.82, 2.24) is 10.2 Å². The summed E-state index contributed by atoms with van der Waals surface area (Å²) < 4.78 is 5.30. The number of carbonyl (C=O) groups is 3. The summed E-state index contributed by atoms with van der Waals surface area (Å²) >= 11 is 0. The molecule has 0 atom stereocenters. The Labute approximate surface area is 204 Å². The molecule has 1 fully saturated rings. The number of nitrogens with zero attached hydrogens (tertiary/aromatic N) is 1. The lowest BCUT2D eigenvalue weighted by molar-refractivity contribution is -0.114. The summed E-state index contributed by atoms with van der Waals surface area (Å²) in [7, 11) is 0. The Morgan fingerprint density at radius 3 is 2.29 bits per heavy atom. The number of nitrogens with one attached hydrogen (secondary N) is 3. The first-order chi connectivity index (χ1) is 17.1. The van der Waals surface area contributed by atoms with Crippen molar-refractivity contribution in [2.75, 3.05) is 43.5 Å². The molecular formula is C27H28N4O4. The summed E-state index contributed by atoms with van der Waals surface area (Å²) in [6.45, 7) is 2.72. The van der Waals surface area contributed by atoms with Crippen LogP contribution in [0.5, 0.6) is 0 Å². The van der Waals surface area contributed by atoms with Gasteiger partial charge >= 0.3 is 0 Å². The van der Waals surface area contributed by atoms with Gasteiger partial charge in [0.1, 0.15) is 0 Å². The summed E-state index contributed by atoms with van der Waals surface area (Å²) in [5.41, 5.74) is 3.38. The summed E-state index contributed by atoms with van der Waals surface area (Å²) in [5, 5.41) is 8.73. The standard InChI is InChI=1S/C27H28N4O4/c32-25(19-28-24-8-4-7-22(17-24)27(34)31-13-15-35-16-14-31)30-23-11-9-21(10-12-23)26(33)29-18-20-5-2-1-3-6-20/h1-12,17,28H,13-16,18-19H2,(H,29,33)(H,30,32). The van der Waals surface area contributed by atoms with Crippen LogP contribution in [0, 0.1) is 0 Å². The highest BCUT2D eigenvalue weighted by molar-refractivity contribution is 5.97. The number of hydrogen-bond donors (Lipinski definition) is 3. The van der Waals surface area contributed by atoms with Crippen molar-refractivity contribution >= 4 is 29.1 Å². The Hall–Kier alpha value is -4.17. The van der Waals surface area contributed by atoms with Crippen molar-refractivity contribution in [3.05, 3.63) is 95.6 Å². The second kappa shape index (κ2) is 11.8. The van der Waals surface area contributed by atoms with Crippen LogP contribution in [0.1, 0.15) is 26.3 Å². The van der Waals surface area contributed by atoms with E-state index in [-0.39, 0.29) is 24.3 Å². The smallest absolute Gasteiger partial charge is 0.254 e. The summed E-state index contributed by atoms with van der Waals surface area (Å²) in [5.74, 6) is -0.467. The highest BCUT2D eigenvalue weighted by atomic mass is 16.5. The lowest BCUT2D eigenvalue weighted by Gasteiger charge is -2.27. The summed E-state index contributed by atoms with van der Waals surface area (Å²) in [6.07, 6.45) is 0. The Morgan fingerprint density at radius 1 is 0.800 bits per heavy atom. The highest BCUT2D eigenvalue weighted by Gasteiger charge is 2.18. The molecule has 3 amide bonds. The van der Waals surface area contributed by atoms with Gasteiger partial charge in [-0.3, -0.25) is 14.4 Å². The Bertz CT molecular complexity index is 1160. The monoisotopic (exact) mass is 472 g/mol. The minimum absolute atomic E-state index is 0.0362. The quantitative estimate of drug-likeness (QED) is 0.468. The molecule has 0 aromatic heterocycles. The molecule has 1 aliphatic heterocycles. The molecule has 0 spiro atoms. The minimum atomic E-state index is -0.240. The number of morpholine rings is 1. The van der Waals surface area contributed by atoms with Gasteiger partial charge in [0.2, 0.25) is 5.91 Å². The molecule has 0 aliphatic carbocycles. The first kappa shape index (κ1) is 24.0. The van der Waals surface area contributed by atoms with E-state index in [0.717, 1.165) is 5.56 Å². The minimum Gasteiger partial charge on any atom is -0.378 e. The molecule has 0 saturated carbocycles. The van der Waals surface area contributed by atoms with E-state index in [0.29, 0.717) is 55.3 Å². The number of hydrogen-bond acceptors (Lipinski definition) is 5. The molecule has 0 radical (unpaired) electrons. The first-order valence-corrected chi connectivity index (χ1v) is 11.5. The lowest BCUT2D eigenvalue weighted by atomic mass is 10.1. The zero-order valence-electron chi connectivity index (χ0n) is 19.3. The second-order valence-corrected chi connectivity index (χ2v) is 8.13. The van der Waals surface area contributed by atoms with Crippen molar-refractivity contribution in [3.8, 4) is 0 Å². The highest BCUT2D eigenvalue weighted by Crippen LogP contribution is 2.14. The zero-order valence-corrected chi connectivity index (χ0v) is 19.3. The third-order valence-electron chi connectivity index (χ3n) is 5.59. The fourth-order valence-corrected chi connectivity index (χ4v) is 3.68. The molecule has 4 rings (SSSR count). The predicted octanol–water partition coefficient (Wildman–Crippen LogP) is 3.14. The van der Waals surface area contributed by atoms with E-state index in [1.807, 2.05) is 36.4 Å². The number of anilines is 2. The van der Waals surface area contributed by atoms with Gasteiger partial charge in [0.25, 0.3) is 11.8 Å². The van der Waals surface area contributed by atoms with Crippen molar-refractivity contribution in [2.45, 2.75) is 6.54 Å². The molecule has 35 heavy (non-hydrogen) atoms. The third-order valence-corrected chi connectivity index (χ3v) is 5.59. The van der Waals surface area contributed by atoms with Gasteiger partial charge in [-0.2, -0.15) is 0 Å². The van der Waals surface area contributed by atoms with Crippen LogP contribution in [0.2, 0.25) is 0 Å². The van der Waals surface area contributed by atoms with Gasteiger partial charge in [-0.1, -0.05) is 36.4 Å². The number of carbonyl (C=O) groups excluding carboxylic acids is 3. The van der Waals surface area contributed by atoms with Crippen LogP contribution in [-0.2, 0) is 16.1 Å². The van der Waals surface area contributed by atoms with Crippen LogP contribution in [0.4, 0.5) is 11.4 Å². The van der Waals surface area contributed by atoms with E-state index in [4.69, 9.17) is 4.74 Å². The largest absolute Gasteiger partial charge is 0.378 e. The SMILES string of the molecule is O=C(CNc1cccc(C(=O)N2CCOCC2)c1)Nc1ccc(C(=O)NCc2ccccc2)cc1. The molecule has 0 unspecified atom stereocenters. The van der Waals surface area contributed by atoms with Crippen LogP contribution >= 0.6 is 0 Å². The Morgan fingerprint density at radius 2 is 1.54 bits per heavy atom. The predicted molar refractivity (Wildman–Crippen MR) is 134 cm³/mol. The second-order valence-electron chi connectivity index (χ2n) is 8.13. The molecule has 180 valence electrons. The molecule has 3 N–H and O–H groups in total. The van der Waals surface area contributed by atoms with Gasteiger partial charge in [0, 0.05) is 42.1 Å². The third kappa shape index (κ3) is 6.91. The molecule has 8 nitrogen and oxygen atoms in total. The lowest BCUT2D eigenvalue weighted by Crippen LogP contribution is -2.40. The van der Waals surface area contributed by atoms with Crippen molar-refractivity contribution in [3.63, 3.8) is 0 Å². The van der Waals surface area contributed by atoms with E-state index in [1.54, 1.807) is 47.4 Å². The van der Waals surface area contributed by atoms with Gasteiger partial charge in [-0.15, -0.1) is 0 Å². The molecule has 3 aromatic carbocycles. The van der Waals surface area contributed by atoms with Crippen LogP contribution in [0.15, 0.2) is 78.9 Å². The average Bonchev–Trinajstić information content (AvgIpc) is 2.92. The molecule has 1 aliphatic rings. The fraction of sp³-hybridized carbons (Fsp3) is 0.222. The normalized spacial score (nSPS) is 13.1. The maximum absolute atomic E-state index is 12.7. The van der Waals surface area contributed by atoms with E-state index in [9.17, 15) is 14.4 Å². The van der Waals surface area contributed by atoms with Crippen LogP contribution in [-0.4, -0.2) is 55.5 Å². The molecular weight excluding hydrogens is 444 g/mol. The average molecular weight is 473 g/mol. The van der Waals surface area contributed by atoms with E-state index < -0.39 is 0 Å². The van der Waals surface area contributed by atoms with Crippen molar-refractivity contribution in [1.29, 1.82) is 0 Å². The molecule has 8 heteroatoms. The Kier molecular flexibility index (Phi) is 8.08.